The maximum absolute atomic E-state index is 10.7. The molecule has 1 saturated heterocycles. The first-order valence-corrected chi connectivity index (χ1v) is 16.4. The van der Waals surface area contributed by atoms with Gasteiger partial charge in [0, 0.05) is 24.1 Å². The van der Waals surface area contributed by atoms with Crippen LogP contribution in [0.25, 0.3) is 0 Å². The molecule has 3 rings (SSSR count). The number of nitrogens with zero attached hydrogens (tertiary/aromatic N) is 1. The van der Waals surface area contributed by atoms with Crippen LogP contribution in [0.5, 0.6) is 0 Å². The van der Waals surface area contributed by atoms with Gasteiger partial charge in [-0.1, -0.05) is 48.9 Å². The molecule has 0 amide bonds. The van der Waals surface area contributed by atoms with Gasteiger partial charge in [-0.05, 0) is 73.2 Å². The number of hydrogen-bond donors (Lipinski definition) is 8. The molecule has 0 bridgehead atoms. The normalized spacial score (nSPS) is 25.7. The first-order chi connectivity index (χ1) is 19.1. The Morgan fingerprint density at radius 1 is 0.850 bits per heavy atom. The van der Waals surface area contributed by atoms with E-state index in [1.54, 1.807) is 0 Å². The van der Waals surface area contributed by atoms with Crippen LogP contribution in [0.15, 0.2) is 42.5 Å². The third-order valence-corrected chi connectivity index (χ3v) is 10.5. The molecular formula is C31H49NO7S. The predicted octanol–water partition coefficient (Wildman–Crippen LogP) is 1.08. The highest BCUT2D eigenvalue weighted by molar-refractivity contribution is 8.16. The van der Waals surface area contributed by atoms with Crippen LogP contribution in [0.2, 0.25) is 0 Å². The average Bonchev–Trinajstić information content (AvgIpc) is 2.93. The number of benzene rings is 2. The van der Waals surface area contributed by atoms with Gasteiger partial charge in [0.05, 0.1) is 37.6 Å². The molecular weight excluding hydrogens is 530 g/mol. The Kier molecular flexibility index (Phi) is 13.4. The summed E-state index contributed by atoms with van der Waals surface area (Å²) in [5, 5.41) is 68.6. The second kappa shape index (κ2) is 16.2. The van der Waals surface area contributed by atoms with Crippen molar-refractivity contribution in [2.45, 2.75) is 74.8 Å². The van der Waals surface area contributed by atoms with Crippen LogP contribution in [-0.4, -0.2) is 116 Å². The first-order valence-electron chi connectivity index (χ1n) is 14.3. The Balaban J connectivity index is 1.51. The van der Waals surface area contributed by atoms with E-state index in [1.165, 1.54) is 22.3 Å². The molecule has 0 aromatic heterocycles. The molecule has 0 radical (unpaired) electrons. The van der Waals surface area contributed by atoms with Crippen molar-refractivity contribution in [3.05, 3.63) is 70.3 Å². The highest BCUT2D eigenvalue weighted by Crippen LogP contribution is 2.48. The van der Waals surface area contributed by atoms with Crippen LogP contribution < -0.4 is 0 Å². The molecule has 1 heterocycles. The lowest BCUT2D eigenvalue weighted by Crippen LogP contribution is -2.47. The molecule has 1 aliphatic heterocycles. The van der Waals surface area contributed by atoms with E-state index in [2.05, 4.69) is 49.6 Å². The maximum atomic E-state index is 10.7. The number of aliphatic hydroxyl groups is 7. The lowest BCUT2D eigenvalue weighted by Gasteiger charge is -2.42. The minimum atomic E-state index is -1.11. The molecule has 8 nitrogen and oxygen atoms in total. The minimum absolute atomic E-state index is 0.151. The molecule has 0 saturated carbocycles. The van der Waals surface area contributed by atoms with Gasteiger partial charge in [0.1, 0.15) is 6.10 Å². The van der Waals surface area contributed by atoms with Gasteiger partial charge in [-0.3, -0.25) is 4.90 Å². The van der Waals surface area contributed by atoms with Crippen molar-refractivity contribution >= 4 is 10.9 Å². The van der Waals surface area contributed by atoms with Gasteiger partial charge in [0.25, 0.3) is 0 Å². The summed E-state index contributed by atoms with van der Waals surface area (Å²) in [5.41, 5.74) is 5.89. The molecule has 2 aromatic carbocycles. The van der Waals surface area contributed by atoms with Crippen molar-refractivity contribution in [1.82, 2.24) is 4.90 Å². The van der Waals surface area contributed by atoms with Crippen LogP contribution in [0, 0.1) is 6.92 Å². The summed E-state index contributed by atoms with van der Waals surface area (Å²) < 4.78 is 0. The Morgan fingerprint density at radius 3 is 2.10 bits per heavy atom. The van der Waals surface area contributed by atoms with E-state index >= 15 is 0 Å². The smallest absolute Gasteiger partial charge is 0.108 e. The topological polar surface area (TPSA) is 145 Å². The Hall–Kier alpha value is -1.53. The monoisotopic (exact) mass is 579 g/mol. The molecule has 1 aliphatic rings. The zero-order valence-electron chi connectivity index (χ0n) is 23.8. The van der Waals surface area contributed by atoms with E-state index in [0.717, 1.165) is 37.7 Å². The highest BCUT2D eigenvalue weighted by atomic mass is 32.2. The van der Waals surface area contributed by atoms with Crippen LogP contribution in [0.3, 0.4) is 0 Å². The van der Waals surface area contributed by atoms with Crippen molar-refractivity contribution in [3.63, 3.8) is 0 Å². The van der Waals surface area contributed by atoms with Gasteiger partial charge >= 0.3 is 0 Å². The molecule has 1 fully saturated rings. The molecule has 2 aromatic rings. The highest BCUT2D eigenvalue weighted by Gasteiger charge is 2.40. The Labute approximate surface area is 241 Å². The summed E-state index contributed by atoms with van der Waals surface area (Å²) in [5.74, 6) is 0.529. The third-order valence-electron chi connectivity index (χ3n) is 7.95. The van der Waals surface area contributed by atoms with Crippen molar-refractivity contribution in [1.29, 1.82) is 0 Å². The van der Waals surface area contributed by atoms with Gasteiger partial charge in [0.15, 0.2) is 0 Å². The first kappa shape index (κ1) is 33.0. The number of aryl methyl sites for hydroxylation is 2. The Morgan fingerprint density at radius 2 is 1.48 bits per heavy atom. The van der Waals surface area contributed by atoms with E-state index in [0.29, 0.717) is 12.3 Å². The minimum Gasteiger partial charge on any atom is -0.394 e. The summed E-state index contributed by atoms with van der Waals surface area (Å²) in [7, 11) is -0.650. The average molecular weight is 580 g/mol. The van der Waals surface area contributed by atoms with Crippen molar-refractivity contribution in [2.24, 2.45) is 0 Å². The quantitative estimate of drug-likeness (QED) is 0.116. The van der Waals surface area contributed by atoms with Gasteiger partial charge in [-0.25, -0.2) is 10.9 Å². The number of rotatable bonds is 15. The molecule has 40 heavy (non-hydrogen) atoms. The predicted molar refractivity (Wildman–Crippen MR) is 161 cm³/mol. The number of unbranched alkanes of at least 4 members (excludes halogenated alkanes) is 2. The van der Waals surface area contributed by atoms with Gasteiger partial charge in [-0.15, -0.1) is 0 Å². The van der Waals surface area contributed by atoms with Crippen LogP contribution in [0.4, 0.5) is 0 Å². The summed E-state index contributed by atoms with van der Waals surface area (Å²) in [6.07, 6.45) is 2.07. The molecule has 226 valence electrons. The van der Waals surface area contributed by atoms with Gasteiger partial charge < -0.3 is 35.7 Å². The standard InChI is InChI=1S/C31H49NO7S/c1-21-7-12-24(31-30(39)29(38)28(37)20-40(31)2)15-25(21)14-23-10-8-22(9-11-23)6-4-3-5-13-32(16-26(35)18-33)17-27(36)19-34/h7-12,15,26-31,33-40H,3-6,13-14,16-20H2,1-2H3/t26-,27?,28+,29+,30+,31-/m0/s1. The van der Waals surface area contributed by atoms with Crippen molar-refractivity contribution < 1.29 is 35.7 Å². The molecule has 2 unspecified atom stereocenters. The molecule has 7 atom stereocenters. The van der Waals surface area contributed by atoms with E-state index in [1.807, 2.05) is 11.0 Å². The van der Waals surface area contributed by atoms with Crippen LogP contribution in [0.1, 0.15) is 52.3 Å². The Bertz CT molecular complexity index is 1010. The summed E-state index contributed by atoms with van der Waals surface area (Å²) in [6.45, 7) is 2.65. The SMILES string of the molecule is Cc1ccc([C@H]2[C@H](O)[C@H](O)[C@H](O)C[SH]2C)cc1Cc1ccc(CCCCCN(CC(O)CO)C[C@H](O)CO)cc1. The van der Waals surface area contributed by atoms with E-state index in [4.69, 9.17) is 10.2 Å². The summed E-state index contributed by atoms with van der Waals surface area (Å²) in [6, 6.07) is 15.0. The number of thiol groups is 1. The van der Waals surface area contributed by atoms with E-state index in [-0.39, 0.29) is 31.6 Å². The zero-order valence-corrected chi connectivity index (χ0v) is 24.7. The fourth-order valence-electron chi connectivity index (χ4n) is 5.56. The van der Waals surface area contributed by atoms with Crippen LogP contribution in [-0.2, 0) is 12.8 Å². The van der Waals surface area contributed by atoms with Gasteiger partial charge in [0.2, 0.25) is 0 Å². The third kappa shape index (κ3) is 9.51. The number of aliphatic hydroxyl groups excluding tert-OH is 7. The zero-order chi connectivity index (χ0) is 29.2. The van der Waals surface area contributed by atoms with Crippen molar-refractivity contribution in [3.8, 4) is 0 Å². The molecule has 0 aliphatic carbocycles. The second-order valence-corrected chi connectivity index (χ2v) is 13.8. The fourth-order valence-corrected chi connectivity index (χ4v) is 7.96. The van der Waals surface area contributed by atoms with Crippen molar-refractivity contribution in [2.75, 3.05) is 44.9 Å². The molecule has 0 spiro atoms. The summed E-state index contributed by atoms with van der Waals surface area (Å²) in [4.78, 5) is 1.88. The van der Waals surface area contributed by atoms with E-state index in [9.17, 15) is 25.5 Å². The second-order valence-electron chi connectivity index (χ2n) is 11.4. The maximum Gasteiger partial charge on any atom is 0.108 e. The molecule has 7 N–H and O–H groups in total. The lowest BCUT2D eigenvalue weighted by atomic mass is 9.93. The van der Waals surface area contributed by atoms with E-state index < -0.39 is 41.4 Å². The summed E-state index contributed by atoms with van der Waals surface area (Å²) >= 11 is 0. The molecule has 9 heteroatoms. The van der Waals surface area contributed by atoms with Crippen LogP contribution >= 0.6 is 10.9 Å². The van der Waals surface area contributed by atoms with Gasteiger partial charge in [-0.2, -0.15) is 0 Å². The fraction of sp³-hybridized carbons (Fsp3) is 0.613. The largest absolute Gasteiger partial charge is 0.394 e. The number of hydrogen-bond acceptors (Lipinski definition) is 8. The lowest BCUT2D eigenvalue weighted by molar-refractivity contribution is -0.0561.